The third kappa shape index (κ3) is 3.42. The van der Waals surface area contributed by atoms with Crippen LogP contribution in [-0.2, 0) is 16.1 Å². The van der Waals surface area contributed by atoms with Crippen molar-refractivity contribution in [2.45, 2.75) is 46.2 Å². The molecular formula is C17H21N3O5. The van der Waals surface area contributed by atoms with Gasteiger partial charge in [-0.25, -0.2) is 9.78 Å². The molecule has 2 heterocycles. The quantitative estimate of drug-likeness (QED) is 0.792. The molecule has 1 amide bonds. The van der Waals surface area contributed by atoms with Gasteiger partial charge in [0.2, 0.25) is 11.6 Å². The molecule has 1 fully saturated rings. The molecule has 0 bridgehead atoms. The molecular weight excluding hydrogens is 326 g/mol. The highest BCUT2D eigenvalue weighted by atomic mass is 16.5. The van der Waals surface area contributed by atoms with Crippen molar-refractivity contribution in [3.63, 3.8) is 0 Å². The van der Waals surface area contributed by atoms with E-state index in [9.17, 15) is 14.4 Å². The predicted octanol–water partition coefficient (Wildman–Crippen LogP) is 1.39. The van der Waals surface area contributed by atoms with E-state index in [-0.39, 0.29) is 47.5 Å². The van der Waals surface area contributed by atoms with E-state index in [2.05, 4.69) is 10.3 Å². The van der Waals surface area contributed by atoms with Crippen LogP contribution in [0, 0.1) is 12.8 Å². The lowest BCUT2D eigenvalue weighted by atomic mass is 10.2. The van der Waals surface area contributed by atoms with Gasteiger partial charge in [-0.3, -0.25) is 14.2 Å². The highest BCUT2D eigenvalue weighted by molar-refractivity contribution is 6.03. The van der Waals surface area contributed by atoms with Crippen LogP contribution in [0.5, 0.6) is 0 Å². The predicted molar refractivity (Wildman–Crippen MR) is 89.3 cm³/mol. The van der Waals surface area contributed by atoms with Crippen molar-refractivity contribution in [1.82, 2.24) is 14.9 Å². The SMILES string of the molecule is CCOC(=O)c1c(C)oc2ncn(CC(=O)N[C@H](C)C3CC3)c(=O)c12. The number of furan rings is 1. The fraction of sp³-hybridized carbons (Fsp3) is 0.529. The van der Waals surface area contributed by atoms with E-state index in [4.69, 9.17) is 9.15 Å². The topological polar surface area (TPSA) is 103 Å². The number of aryl methyl sites for hydroxylation is 1. The maximum atomic E-state index is 12.7. The fourth-order valence-corrected chi connectivity index (χ4v) is 2.87. The van der Waals surface area contributed by atoms with Crippen LogP contribution in [0.3, 0.4) is 0 Å². The number of carbonyl (C=O) groups excluding carboxylic acids is 2. The first-order valence-electron chi connectivity index (χ1n) is 8.37. The largest absolute Gasteiger partial charge is 0.462 e. The van der Waals surface area contributed by atoms with Gasteiger partial charge in [0.05, 0.1) is 6.61 Å². The smallest absolute Gasteiger partial charge is 0.342 e. The van der Waals surface area contributed by atoms with Crippen molar-refractivity contribution in [3.8, 4) is 0 Å². The van der Waals surface area contributed by atoms with E-state index in [0.29, 0.717) is 5.92 Å². The van der Waals surface area contributed by atoms with Crippen molar-refractivity contribution in [2.24, 2.45) is 5.92 Å². The molecule has 2 aromatic heterocycles. The Kier molecular flexibility index (Phi) is 4.61. The Bertz CT molecular complexity index is 878. The molecule has 1 atom stereocenters. The molecule has 0 unspecified atom stereocenters. The van der Waals surface area contributed by atoms with Gasteiger partial charge in [0.1, 0.15) is 29.6 Å². The van der Waals surface area contributed by atoms with Crippen LogP contribution < -0.4 is 10.9 Å². The van der Waals surface area contributed by atoms with Crippen molar-refractivity contribution < 1.29 is 18.7 Å². The Morgan fingerprint density at radius 3 is 2.84 bits per heavy atom. The minimum absolute atomic E-state index is 0.0430. The molecule has 1 saturated carbocycles. The number of nitrogens with zero attached hydrogens (tertiary/aromatic N) is 2. The molecule has 1 N–H and O–H groups in total. The number of aromatic nitrogens is 2. The second-order valence-electron chi connectivity index (χ2n) is 6.31. The first kappa shape index (κ1) is 17.2. The summed E-state index contributed by atoms with van der Waals surface area (Å²) in [6.07, 6.45) is 3.49. The van der Waals surface area contributed by atoms with Crippen molar-refractivity contribution in [3.05, 3.63) is 28.0 Å². The van der Waals surface area contributed by atoms with Crippen LogP contribution in [0.25, 0.3) is 11.1 Å². The zero-order valence-corrected chi connectivity index (χ0v) is 14.5. The monoisotopic (exact) mass is 347 g/mol. The lowest BCUT2D eigenvalue weighted by molar-refractivity contribution is -0.122. The van der Waals surface area contributed by atoms with Crippen molar-refractivity contribution >= 4 is 23.0 Å². The Balaban J connectivity index is 1.90. The summed E-state index contributed by atoms with van der Waals surface area (Å²) in [6.45, 7) is 5.23. The highest BCUT2D eigenvalue weighted by Gasteiger charge is 2.29. The Hall–Kier alpha value is -2.64. The summed E-state index contributed by atoms with van der Waals surface area (Å²) in [5, 5.41) is 2.93. The van der Waals surface area contributed by atoms with Gasteiger partial charge in [-0.15, -0.1) is 0 Å². The van der Waals surface area contributed by atoms with Gasteiger partial charge < -0.3 is 14.5 Å². The van der Waals surface area contributed by atoms with E-state index in [1.54, 1.807) is 13.8 Å². The zero-order chi connectivity index (χ0) is 18.1. The fourth-order valence-electron chi connectivity index (χ4n) is 2.87. The van der Waals surface area contributed by atoms with E-state index in [1.807, 2.05) is 6.92 Å². The van der Waals surface area contributed by atoms with Gasteiger partial charge >= 0.3 is 5.97 Å². The number of hydrogen-bond acceptors (Lipinski definition) is 6. The summed E-state index contributed by atoms with van der Waals surface area (Å²) in [5.41, 5.74) is -0.372. The molecule has 0 radical (unpaired) electrons. The van der Waals surface area contributed by atoms with Gasteiger partial charge in [0.15, 0.2) is 0 Å². The summed E-state index contributed by atoms with van der Waals surface area (Å²) in [4.78, 5) is 41.0. The molecule has 0 saturated heterocycles. The Morgan fingerprint density at radius 1 is 1.48 bits per heavy atom. The maximum Gasteiger partial charge on any atom is 0.342 e. The number of esters is 1. The van der Waals surface area contributed by atoms with Crippen LogP contribution in [0.1, 0.15) is 42.8 Å². The van der Waals surface area contributed by atoms with E-state index >= 15 is 0 Å². The van der Waals surface area contributed by atoms with Crippen LogP contribution in [0.2, 0.25) is 0 Å². The first-order chi connectivity index (χ1) is 11.9. The highest BCUT2D eigenvalue weighted by Crippen LogP contribution is 2.32. The number of rotatable bonds is 6. The molecule has 2 aromatic rings. The zero-order valence-electron chi connectivity index (χ0n) is 14.5. The van der Waals surface area contributed by atoms with Crippen molar-refractivity contribution in [1.29, 1.82) is 0 Å². The average Bonchev–Trinajstić information content (AvgIpc) is 3.33. The number of amides is 1. The molecule has 25 heavy (non-hydrogen) atoms. The van der Waals surface area contributed by atoms with E-state index < -0.39 is 11.5 Å². The molecule has 3 rings (SSSR count). The third-order valence-electron chi connectivity index (χ3n) is 4.37. The molecule has 0 aliphatic heterocycles. The van der Waals surface area contributed by atoms with Crippen LogP contribution >= 0.6 is 0 Å². The Morgan fingerprint density at radius 2 is 2.20 bits per heavy atom. The average molecular weight is 347 g/mol. The minimum Gasteiger partial charge on any atom is -0.462 e. The summed E-state index contributed by atoms with van der Waals surface area (Å²) in [6, 6.07) is 0.0890. The number of hydrogen-bond donors (Lipinski definition) is 1. The second-order valence-corrected chi connectivity index (χ2v) is 6.31. The van der Waals surface area contributed by atoms with E-state index in [0.717, 1.165) is 12.8 Å². The number of nitrogens with one attached hydrogen (secondary N) is 1. The standard InChI is InChI=1S/C17H21N3O5/c1-4-24-17(23)13-10(3)25-15-14(13)16(22)20(8-18-15)7-12(21)19-9(2)11-5-6-11/h8-9,11H,4-7H2,1-3H3,(H,19,21)/t9-/m1/s1. The molecule has 1 aliphatic rings. The van der Waals surface area contributed by atoms with Crippen LogP contribution in [-0.4, -0.2) is 34.1 Å². The Labute approximate surface area is 144 Å². The molecule has 134 valence electrons. The second kappa shape index (κ2) is 6.70. The van der Waals surface area contributed by atoms with Gasteiger partial charge in [0, 0.05) is 6.04 Å². The number of ether oxygens (including phenoxy) is 1. The first-order valence-corrected chi connectivity index (χ1v) is 8.37. The summed E-state index contributed by atoms with van der Waals surface area (Å²) in [7, 11) is 0. The van der Waals surface area contributed by atoms with Crippen molar-refractivity contribution in [2.75, 3.05) is 6.61 Å². The normalized spacial score (nSPS) is 15.2. The summed E-state index contributed by atoms with van der Waals surface area (Å²) < 4.78 is 11.5. The lowest BCUT2D eigenvalue weighted by Gasteiger charge is -2.13. The van der Waals surface area contributed by atoms with Gasteiger partial charge in [0.25, 0.3) is 5.56 Å². The van der Waals surface area contributed by atoms with Gasteiger partial charge in [-0.2, -0.15) is 0 Å². The number of carbonyl (C=O) groups is 2. The molecule has 8 nitrogen and oxygen atoms in total. The maximum absolute atomic E-state index is 12.7. The van der Waals surface area contributed by atoms with Gasteiger partial charge in [-0.1, -0.05) is 0 Å². The molecule has 8 heteroatoms. The third-order valence-corrected chi connectivity index (χ3v) is 4.37. The van der Waals surface area contributed by atoms with E-state index in [1.165, 1.54) is 10.9 Å². The number of fused-ring (bicyclic) bond motifs is 1. The molecule has 0 spiro atoms. The van der Waals surface area contributed by atoms with Crippen LogP contribution in [0.4, 0.5) is 0 Å². The van der Waals surface area contributed by atoms with Gasteiger partial charge in [-0.05, 0) is 39.5 Å². The summed E-state index contributed by atoms with van der Waals surface area (Å²) in [5.74, 6) is -0.112. The molecule has 0 aromatic carbocycles. The summed E-state index contributed by atoms with van der Waals surface area (Å²) >= 11 is 0. The minimum atomic E-state index is -0.637. The lowest BCUT2D eigenvalue weighted by Crippen LogP contribution is -2.38. The molecule has 1 aliphatic carbocycles. The van der Waals surface area contributed by atoms with Crippen LogP contribution in [0.15, 0.2) is 15.5 Å².